The standard InChI is InChI=1S/C30H32NO2P/c1-30(2,3)33-29(32)25-15-13-14-24(22-25)23-34(31,26-16-7-4-8-17-26,27-18-9-5-10-19-27)28-20-11-6-12-21-28/h4-22H,23,31H2,1-3H3. The number of hydrogen-bond donors (Lipinski definition) is 1. The van der Waals surface area contributed by atoms with Gasteiger partial charge in [-0.1, -0.05) is 0 Å². The molecule has 0 bridgehead atoms. The van der Waals surface area contributed by atoms with E-state index in [-0.39, 0.29) is 5.97 Å². The zero-order valence-electron chi connectivity index (χ0n) is 20.0. The van der Waals surface area contributed by atoms with Crippen LogP contribution in [0.3, 0.4) is 0 Å². The van der Waals surface area contributed by atoms with E-state index >= 15 is 0 Å². The van der Waals surface area contributed by atoms with Crippen LogP contribution in [0.4, 0.5) is 0 Å². The topological polar surface area (TPSA) is 52.3 Å². The van der Waals surface area contributed by atoms with E-state index in [0.29, 0.717) is 11.7 Å². The summed E-state index contributed by atoms with van der Waals surface area (Å²) < 4.78 is 5.63. The summed E-state index contributed by atoms with van der Waals surface area (Å²) in [6, 6.07) is 38.8. The molecule has 0 saturated carbocycles. The Morgan fingerprint density at radius 2 is 1.15 bits per heavy atom. The molecular weight excluding hydrogens is 437 g/mol. The summed E-state index contributed by atoms with van der Waals surface area (Å²) in [5.74, 6) is -0.328. The number of carbonyl (C=O) groups excluding carboxylic acids is 1. The molecule has 3 nitrogen and oxygen atoms in total. The Kier molecular flexibility index (Phi) is 6.45. The van der Waals surface area contributed by atoms with Gasteiger partial charge < -0.3 is 0 Å². The zero-order chi connectivity index (χ0) is 24.3. The monoisotopic (exact) mass is 469 g/mol. The number of hydrogen-bond acceptors (Lipinski definition) is 3. The molecule has 0 aliphatic carbocycles. The molecule has 0 amide bonds. The fourth-order valence-corrected chi connectivity index (χ4v) is 9.50. The molecule has 34 heavy (non-hydrogen) atoms. The first-order valence-corrected chi connectivity index (χ1v) is 14.0. The molecule has 0 aliphatic rings. The predicted molar refractivity (Wildman–Crippen MR) is 145 cm³/mol. The summed E-state index contributed by atoms with van der Waals surface area (Å²) in [4.78, 5) is 12.8. The van der Waals surface area contributed by atoms with Crippen LogP contribution in [0.25, 0.3) is 0 Å². The van der Waals surface area contributed by atoms with Crippen LogP contribution in [0.1, 0.15) is 36.7 Å². The maximum atomic E-state index is 12.8. The average Bonchev–Trinajstić information content (AvgIpc) is 2.85. The Hall–Kier alpha value is -3.26. The fourth-order valence-electron chi connectivity index (χ4n) is 4.54. The summed E-state index contributed by atoms with van der Waals surface area (Å²) in [5, 5.41) is 3.32. The molecule has 4 rings (SSSR count). The van der Waals surface area contributed by atoms with Crippen molar-refractivity contribution in [2.75, 3.05) is 0 Å². The molecule has 0 unspecified atom stereocenters. The molecule has 4 aromatic rings. The van der Waals surface area contributed by atoms with E-state index in [4.69, 9.17) is 10.2 Å². The van der Waals surface area contributed by atoms with Crippen molar-refractivity contribution in [1.82, 2.24) is 0 Å². The minimum absolute atomic E-state index is 0.328. The van der Waals surface area contributed by atoms with Crippen LogP contribution in [-0.4, -0.2) is 11.6 Å². The minimum atomic E-state index is -3.44. The number of nitrogens with two attached hydrogens (primary N) is 1. The van der Waals surface area contributed by atoms with Gasteiger partial charge in [0.2, 0.25) is 0 Å². The molecular formula is C30H32NO2P. The van der Waals surface area contributed by atoms with E-state index in [1.165, 1.54) is 0 Å². The van der Waals surface area contributed by atoms with E-state index in [1.807, 2.05) is 87.5 Å². The van der Waals surface area contributed by atoms with Crippen LogP contribution in [0.2, 0.25) is 0 Å². The van der Waals surface area contributed by atoms with Crippen molar-refractivity contribution >= 4 is 28.6 Å². The van der Waals surface area contributed by atoms with Gasteiger partial charge in [-0.25, -0.2) is 0 Å². The van der Waals surface area contributed by atoms with Gasteiger partial charge in [-0.15, -0.1) is 0 Å². The van der Waals surface area contributed by atoms with Crippen molar-refractivity contribution in [3.8, 4) is 0 Å². The third-order valence-corrected chi connectivity index (χ3v) is 11.6. The summed E-state index contributed by atoms with van der Waals surface area (Å²) in [6.07, 6.45) is 0.584. The van der Waals surface area contributed by atoms with Crippen LogP contribution >= 0.6 is 6.75 Å². The molecule has 4 heteroatoms. The van der Waals surface area contributed by atoms with Gasteiger partial charge in [0.05, 0.1) is 0 Å². The first kappa shape index (κ1) is 23.9. The van der Waals surface area contributed by atoms with Gasteiger partial charge in [-0.2, -0.15) is 0 Å². The molecule has 0 radical (unpaired) electrons. The van der Waals surface area contributed by atoms with Crippen LogP contribution in [-0.2, 0) is 10.9 Å². The van der Waals surface area contributed by atoms with Crippen LogP contribution in [0.15, 0.2) is 115 Å². The molecule has 0 fully saturated rings. The first-order chi connectivity index (χ1) is 16.2. The van der Waals surface area contributed by atoms with Gasteiger partial charge in [0.25, 0.3) is 0 Å². The second-order valence-electron chi connectivity index (χ2n) is 9.75. The summed E-state index contributed by atoms with van der Waals surface area (Å²) in [6.45, 7) is 2.19. The van der Waals surface area contributed by atoms with Gasteiger partial charge >= 0.3 is 203 Å². The van der Waals surface area contributed by atoms with Gasteiger partial charge in [0, 0.05) is 0 Å². The van der Waals surface area contributed by atoms with Crippen molar-refractivity contribution in [2.45, 2.75) is 32.5 Å². The van der Waals surface area contributed by atoms with E-state index in [9.17, 15) is 4.79 Å². The molecule has 0 aliphatic heterocycles. The molecule has 2 N–H and O–H groups in total. The molecule has 0 aromatic heterocycles. The van der Waals surface area contributed by atoms with Crippen LogP contribution in [0.5, 0.6) is 0 Å². The SMILES string of the molecule is CC(C)(C)OC(=O)c1cccc(CP(N)(c2ccccc2)(c2ccccc2)c2ccccc2)c1. The Morgan fingerprint density at radius 3 is 1.56 bits per heavy atom. The Labute approximate surface area is 202 Å². The molecule has 0 heterocycles. The van der Waals surface area contributed by atoms with E-state index in [1.54, 1.807) is 6.07 Å². The van der Waals surface area contributed by atoms with Crippen LogP contribution < -0.4 is 21.4 Å². The molecule has 0 saturated heterocycles. The number of carbonyl (C=O) groups is 1. The quantitative estimate of drug-likeness (QED) is 0.298. The van der Waals surface area contributed by atoms with Crippen molar-refractivity contribution in [3.05, 3.63) is 126 Å². The Morgan fingerprint density at radius 1 is 0.706 bits per heavy atom. The summed E-state index contributed by atoms with van der Waals surface area (Å²) >= 11 is 0. The average molecular weight is 470 g/mol. The van der Waals surface area contributed by atoms with E-state index in [0.717, 1.165) is 21.5 Å². The third-order valence-electron chi connectivity index (χ3n) is 6.11. The van der Waals surface area contributed by atoms with E-state index < -0.39 is 12.4 Å². The van der Waals surface area contributed by atoms with Crippen molar-refractivity contribution < 1.29 is 9.53 Å². The van der Waals surface area contributed by atoms with Crippen molar-refractivity contribution in [1.29, 1.82) is 0 Å². The number of esters is 1. The van der Waals surface area contributed by atoms with Crippen LogP contribution in [0, 0.1) is 0 Å². The van der Waals surface area contributed by atoms with Gasteiger partial charge in [-0.3, -0.25) is 0 Å². The van der Waals surface area contributed by atoms with Gasteiger partial charge in [-0.05, 0) is 0 Å². The Balaban J connectivity index is 1.94. The zero-order valence-corrected chi connectivity index (χ0v) is 20.9. The maximum absolute atomic E-state index is 12.8. The molecule has 0 atom stereocenters. The first-order valence-electron chi connectivity index (χ1n) is 11.5. The van der Waals surface area contributed by atoms with Gasteiger partial charge in [0.15, 0.2) is 0 Å². The normalized spacial score (nSPS) is 13.0. The second-order valence-corrected chi connectivity index (χ2v) is 14.4. The third kappa shape index (κ3) is 4.55. The summed E-state index contributed by atoms with van der Waals surface area (Å²) in [5.41, 5.74) is 8.84. The number of benzene rings is 4. The second kappa shape index (κ2) is 9.18. The number of rotatable bonds is 6. The van der Waals surface area contributed by atoms with Crippen molar-refractivity contribution in [2.24, 2.45) is 5.50 Å². The fraction of sp³-hybridized carbons (Fsp3) is 0.167. The molecule has 174 valence electrons. The van der Waals surface area contributed by atoms with Gasteiger partial charge in [0.1, 0.15) is 0 Å². The molecule has 4 aromatic carbocycles. The van der Waals surface area contributed by atoms with Crippen molar-refractivity contribution in [3.63, 3.8) is 0 Å². The predicted octanol–water partition coefficient (Wildman–Crippen LogP) is 5.55. The number of ether oxygens (including phenoxy) is 1. The molecule has 0 spiro atoms. The summed E-state index contributed by atoms with van der Waals surface area (Å²) in [7, 11) is 0. The Bertz CT molecular complexity index is 1170. The van der Waals surface area contributed by atoms with E-state index in [2.05, 4.69) is 42.5 Å².